The molecule has 0 aliphatic carbocycles. The summed E-state index contributed by atoms with van der Waals surface area (Å²) in [6.45, 7) is 1.57. The van der Waals surface area contributed by atoms with Crippen molar-refractivity contribution in [3.05, 3.63) is 33.8 Å². The molecular formula is C15H18Cl2N2O3. The van der Waals surface area contributed by atoms with Crippen LogP contribution in [-0.2, 0) is 14.3 Å². The zero-order valence-electron chi connectivity index (χ0n) is 12.3. The minimum Gasteiger partial charge on any atom is -0.468 e. The van der Waals surface area contributed by atoms with Gasteiger partial charge in [0.25, 0.3) is 0 Å². The Balaban J connectivity index is 2.11. The van der Waals surface area contributed by atoms with Crippen LogP contribution in [0.25, 0.3) is 0 Å². The molecule has 2 rings (SSSR count). The van der Waals surface area contributed by atoms with E-state index in [1.165, 1.54) is 7.11 Å². The smallest absolute Gasteiger partial charge is 0.327 e. The minimum atomic E-state index is -0.831. The van der Waals surface area contributed by atoms with E-state index >= 15 is 0 Å². The summed E-state index contributed by atoms with van der Waals surface area (Å²) in [6, 6.07) is 4.19. The van der Waals surface area contributed by atoms with E-state index in [0.29, 0.717) is 10.6 Å². The fourth-order valence-corrected chi connectivity index (χ4v) is 2.87. The van der Waals surface area contributed by atoms with Crippen LogP contribution in [-0.4, -0.2) is 43.5 Å². The van der Waals surface area contributed by atoms with Crippen LogP contribution in [0.1, 0.15) is 24.4 Å². The lowest BCUT2D eigenvalue weighted by Gasteiger charge is -2.21. The number of likely N-dealkylation sites (tertiary alicyclic amines) is 1. The van der Waals surface area contributed by atoms with Gasteiger partial charge in [-0.2, -0.15) is 0 Å². The van der Waals surface area contributed by atoms with Gasteiger partial charge in [-0.05, 0) is 18.9 Å². The molecular weight excluding hydrogens is 327 g/mol. The Bertz CT molecular complexity index is 560. The summed E-state index contributed by atoms with van der Waals surface area (Å²) in [4.78, 5) is 25.9. The molecule has 1 fully saturated rings. The third kappa shape index (κ3) is 3.91. The summed E-state index contributed by atoms with van der Waals surface area (Å²) in [6.07, 6.45) is 2.04. The topological polar surface area (TPSA) is 58.6 Å². The van der Waals surface area contributed by atoms with Crippen LogP contribution >= 0.6 is 23.2 Å². The van der Waals surface area contributed by atoms with E-state index in [4.69, 9.17) is 27.9 Å². The van der Waals surface area contributed by atoms with E-state index in [1.807, 2.05) is 0 Å². The maximum absolute atomic E-state index is 12.1. The van der Waals surface area contributed by atoms with Crippen LogP contribution in [0, 0.1) is 0 Å². The number of halogens is 2. The molecule has 0 bridgehead atoms. The van der Waals surface area contributed by atoms with E-state index < -0.39 is 12.0 Å². The van der Waals surface area contributed by atoms with Gasteiger partial charge < -0.3 is 9.64 Å². The van der Waals surface area contributed by atoms with Gasteiger partial charge in [0.1, 0.15) is 6.04 Å². The molecule has 7 heteroatoms. The molecule has 1 atom stereocenters. The molecule has 120 valence electrons. The van der Waals surface area contributed by atoms with Gasteiger partial charge in [0.05, 0.1) is 23.7 Å². The Labute approximate surface area is 139 Å². The summed E-state index contributed by atoms with van der Waals surface area (Å²) < 4.78 is 4.79. The third-order valence-electron chi connectivity index (χ3n) is 3.65. The number of benzene rings is 1. The first-order valence-corrected chi connectivity index (χ1v) is 7.83. The summed E-state index contributed by atoms with van der Waals surface area (Å²) in [5.74, 6) is -0.553. The predicted octanol–water partition coefficient (Wildman–Crippen LogP) is 2.42. The fourth-order valence-electron chi connectivity index (χ4n) is 2.45. The van der Waals surface area contributed by atoms with Gasteiger partial charge in [-0.25, -0.2) is 4.79 Å². The lowest BCUT2D eigenvalue weighted by molar-refractivity contribution is -0.143. The lowest BCUT2D eigenvalue weighted by Crippen LogP contribution is -2.40. The van der Waals surface area contributed by atoms with Crippen LogP contribution in [0.3, 0.4) is 0 Å². The molecule has 1 heterocycles. The molecule has 0 spiro atoms. The number of rotatable bonds is 5. The molecule has 1 N–H and O–H groups in total. The molecule has 22 heavy (non-hydrogen) atoms. The molecule has 1 saturated heterocycles. The first-order valence-electron chi connectivity index (χ1n) is 7.07. The maximum Gasteiger partial charge on any atom is 0.327 e. The van der Waals surface area contributed by atoms with Crippen molar-refractivity contribution in [2.24, 2.45) is 0 Å². The fraction of sp³-hybridized carbons (Fsp3) is 0.467. The highest BCUT2D eigenvalue weighted by Gasteiger charge is 2.26. The second kappa shape index (κ2) is 7.81. The van der Waals surface area contributed by atoms with Crippen molar-refractivity contribution in [3.63, 3.8) is 0 Å². The van der Waals surface area contributed by atoms with Gasteiger partial charge >= 0.3 is 5.97 Å². The Morgan fingerprint density at radius 1 is 1.32 bits per heavy atom. The lowest BCUT2D eigenvalue weighted by atomic mass is 10.1. The minimum absolute atomic E-state index is 0.0375. The zero-order valence-corrected chi connectivity index (χ0v) is 13.8. The van der Waals surface area contributed by atoms with Gasteiger partial charge in [0.15, 0.2) is 0 Å². The van der Waals surface area contributed by atoms with E-state index in [9.17, 15) is 9.59 Å². The number of methoxy groups -OCH3 is 1. The SMILES string of the molecule is COC(=O)[C@H](NCC(=O)N1CCCC1)c1cccc(Cl)c1Cl. The van der Waals surface area contributed by atoms with Crippen molar-refractivity contribution in [2.75, 3.05) is 26.7 Å². The molecule has 1 aliphatic heterocycles. The summed E-state index contributed by atoms with van der Waals surface area (Å²) in [7, 11) is 1.29. The Morgan fingerprint density at radius 2 is 2.00 bits per heavy atom. The Hall–Kier alpha value is -1.30. The molecule has 0 aromatic heterocycles. The molecule has 0 radical (unpaired) electrons. The van der Waals surface area contributed by atoms with Crippen LogP contribution in [0.15, 0.2) is 18.2 Å². The van der Waals surface area contributed by atoms with Crippen molar-refractivity contribution in [1.29, 1.82) is 0 Å². The summed E-state index contributed by atoms with van der Waals surface area (Å²) >= 11 is 12.1. The van der Waals surface area contributed by atoms with Crippen molar-refractivity contribution in [3.8, 4) is 0 Å². The quantitative estimate of drug-likeness (QED) is 0.833. The number of hydrogen-bond donors (Lipinski definition) is 1. The largest absolute Gasteiger partial charge is 0.468 e. The summed E-state index contributed by atoms with van der Waals surface area (Å²) in [5.41, 5.74) is 0.496. The standard InChI is InChI=1S/C15H18Cl2N2O3/c1-22-15(21)14(10-5-4-6-11(16)13(10)17)18-9-12(20)19-7-2-3-8-19/h4-6,14,18H,2-3,7-9H2,1H3/t14-/m1/s1. The van der Waals surface area contributed by atoms with Crippen molar-refractivity contribution in [2.45, 2.75) is 18.9 Å². The van der Waals surface area contributed by atoms with Gasteiger partial charge in [0, 0.05) is 18.7 Å². The number of carbonyl (C=O) groups excluding carboxylic acids is 2. The molecule has 0 saturated carbocycles. The molecule has 1 aliphatic rings. The second-order valence-corrected chi connectivity index (χ2v) is 5.85. The van der Waals surface area contributed by atoms with Crippen LogP contribution < -0.4 is 5.32 Å². The van der Waals surface area contributed by atoms with Crippen LogP contribution in [0.5, 0.6) is 0 Å². The number of esters is 1. The van der Waals surface area contributed by atoms with Crippen molar-refractivity contribution >= 4 is 35.1 Å². The Kier molecular flexibility index (Phi) is 6.06. The third-order valence-corrected chi connectivity index (χ3v) is 4.48. The number of hydrogen-bond acceptors (Lipinski definition) is 4. The van der Waals surface area contributed by atoms with Gasteiger partial charge in [-0.3, -0.25) is 10.1 Å². The number of nitrogens with one attached hydrogen (secondary N) is 1. The molecule has 0 unspecified atom stereocenters. The normalized spacial score (nSPS) is 15.7. The van der Waals surface area contributed by atoms with E-state index in [1.54, 1.807) is 23.1 Å². The Morgan fingerprint density at radius 3 is 2.64 bits per heavy atom. The van der Waals surface area contributed by atoms with E-state index in [2.05, 4.69) is 5.32 Å². The highest BCUT2D eigenvalue weighted by atomic mass is 35.5. The summed E-state index contributed by atoms with van der Waals surface area (Å²) in [5, 5.41) is 3.55. The van der Waals surface area contributed by atoms with E-state index in [0.717, 1.165) is 25.9 Å². The average molecular weight is 345 g/mol. The highest BCUT2D eigenvalue weighted by Crippen LogP contribution is 2.30. The number of amides is 1. The van der Waals surface area contributed by atoms with Crippen molar-refractivity contribution in [1.82, 2.24) is 10.2 Å². The number of carbonyl (C=O) groups is 2. The molecule has 1 aromatic carbocycles. The molecule has 5 nitrogen and oxygen atoms in total. The zero-order chi connectivity index (χ0) is 16.1. The van der Waals surface area contributed by atoms with Gasteiger partial charge in [-0.15, -0.1) is 0 Å². The number of ether oxygens (including phenoxy) is 1. The van der Waals surface area contributed by atoms with Crippen LogP contribution in [0.2, 0.25) is 10.0 Å². The van der Waals surface area contributed by atoms with Crippen LogP contribution in [0.4, 0.5) is 0 Å². The number of nitrogens with zero attached hydrogens (tertiary/aromatic N) is 1. The first-order chi connectivity index (χ1) is 10.5. The van der Waals surface area contributed by atoms with Gasteiger partial charge in [-0.1, -0.05) is 35.3 Å². The maximum atomic E-state index is 12.1. The first kappa shape index (κ1) is 17.1. The second-order valence-electron chi connectivity index (χ2n) is 5.07. The molecule has 1 aromatic rings. The highest BCUT2D eigenvalue weighted by molar-refractivity contribution is 6.42. The molecule has 1 amide bonds. The van der Waals surface area contributed by atoms with Crippen molar-refractivity contribution < 1.29 is 14.3 Å². The van der Waals surface area contributed by atoms with E-state index in [-0.39, 0.29) is 17.5 Å². The average Bonchev–Trinajstić information content (AvgIpc) is 3.05. The monoisotopic (exact) mass is 344 g/mol. The predicted molar refractivity (Wildman–Crippen MR) is 85.0 cm³/mol. The van der Waals surface area contributed by atoms with Gasteiger partial charge in [0.2, 0.25) is 5.91 Å².